The highest BCUT2D eigenvalue weighted by Gasteiger charge is 2.22. The molecule has 1 N–H and O–H groups in total. The Morgan fingerprint density at radius 1 is 0.933 bits per heavy atom. The van der Waals surface area contributed by atoms with E-state index in [4.69, 9.17) is 4.74 Å². The lowest BCUT2D eigenvalue weighted by Crippen LogP contribution is -2.48. The van der Waals surface area contributed by atoms with Crippen LogP contribution in [-0.4, -0.2) is 50.0 Å². The molecule has 2 aromatic rings. The SMILES string of the molecule is CCCCCC(=O)Nc1ccc(N2CCN(C(=O)c3ccc(OC)cc3)CC2)cc1. The highest BCUT2D eigenvalue weighted by molar-refractivity contribution is 5.94. The summed E-state index contributed by atoms with van der Waals surface area (Å²) in [6.45, 7) is 5.06. The molecule has 0 atom stereocenters. The van der Waals surface area contributed by atoms with Gasteiger partial charge in [-0.05, 0) is 55.0 Å². The summed E-state index contributed by atoms with van der Waals surface area (Å²) < 4.78 is 5.15. The van der Waals surface area contributed by atoms with Gasteiger partial charge in [0.05, 0.1) is 7.11 Å². The molecule has 0 aromatic heterocycles. The number of nitrogens with zero attached hydrogens (tertiary/aromatic N) is 2. The first-order valence-corrected chi connectivity index (χ1v) is 10.7. The van der Waals surface area contributed by atoms with Crippen LogP contribution in [0.15, 0.2) is 48.5 Å². The predicted octanol–water partition coefficient (Wildman–Crippen LogP) is 4.18. The molecule has 2 amide bonds. The summed E-state index contributed by atoms with van der Waals surface area (Å²) in [5, 5.41) is 2.96. The fraction of sp³-hybridized carbons (Fsp3) is 0.417. The van der Waals surface area contributed by atoms with E-state index >= 15 is 0 Å². The normalized spacial score (nSPS) is 13.8. The molecule has 1 aliphatic rings. The minimum atomic E-state index is 0.0541. The predicted molar refractivity (Wildman–Crippen MR) is 120 cm³/mol. The molecule has 2 aromatic carbocycles. The van der Waals surface area contributed by atoms with Gasteiger partial charge in [-0.2, -0.15) is 0 Å². The number of hydrogen-bond acceptors (Lipinski definition) is 4. The quantitative estimate of drug-likeness (QED) is 0.665. The fourth-order valence-electron chi connectivity index (χ4n) is 3.60. The summed E-state index contributed by atoms with van der Waals surface area (Å²) >= 11 is 0. The van der Waals surface area contributed by atoms with Crippen molar-refractivity contribution in [2.45, 2.75) is 32.6 Å². The third-order valence-electron chi connectivity index (χ3n) is 5.43. The second-order valence-corrected chi connectivity index (χ2v) is 7.56. The van der Waals surface area contributed by atoms with Gasteiger partial charge in [0.1, 0.15) is 5.75 Å². The zero-order valence-electron chi connectivity index (χ0n) is 17.9. The largest absolute Gasteiger partial charge is 0.497 e. The Balaban J connectivity index is 1.49. The number of hydrogen-bond donors (Lipinski definition) is 1. The van der Waals surface area contributed by atoms with E-state index in [2.05, 4.69) is 17.1 Å². The van der Waals surface area contributed by atoms with Gasteiger partial charge in [-0.15, -0.1) is 0 Å². The molecule has 160 valence electrons. The van der Waals surface area contributed by atoms with Gasteiger partial charge in [-0.1, -0.05) is 19.8 Å². The molecule has 30 heavy (non-hydrogen) atoms. The van der Waals surface area contributed by atoms with Gasteiger partial charge < -0.3 is 19.9 Å². The van der Waals surface area contributed by atoms with Crippen LogP contribution in [0.25, 0.3) is 0 Å². The zero-order chi connectivity index (χ0) is 21.3. The van der Waals surface area contributed by atoms with Crippen LogP contribution in [0.4, 0.5) is 11.4 Å². The van der Waals surface area contributed by atoms with Crippen LogP contribution < -0.4 is 15.0 Å². The Bertz CT molecular complexity index is 826. The lowest BCUT2D eigenvalue weighted by atomic mass is 10.1. The van der Waals surface area contributed by atoms with Crippen LogP contribution in [0, 0.1) is 0 Å². The monoisotopic (exact) mass is 409 g/mol. The number of methoxy groups -OCH3 is 1. The highest BCUT2D eigenvalue weighted by atomic mass is 16.5. The van der Waals surface area contributed by atoms with Gasteiger partial charge in [0.15, 0.2) is 0 Å². The first-order valence-electron chi connectivity index (χ1n) is 10.7. The van der Waals surface area contributed by atoms with Crippen molar-refractivity contribution in [3.63, 3.8) is 0 Å². The van der Waals surface area contributed by atoms with E-state index in [-0.39, 0.29) is 11.8 Å². The number of rotatable bonds is 8. The average molecular weight is 410 g/mol. The smallest absolute Gasteiger partial charge is 0.253 e. The maximum atomic E-state index is 12.7. The number of amides is 2. The van der Waals surface area contributed by atoms with Crippen LogP contribution in [-0.2, 0) is 4.79 Å². The fourth-order valence-corrected chi connectivity index (χ4v) is 3.60. The number of unbranched alkanes of at least 4 members (excludes halogenated alkanes) is 2. The number of piperazine rings is 1. The summed E-state index contributed by atoms with van der Waals surface area (Å²) in [6, 6.07) is 15.2. The first kappa shape index (κ1) is 21.7. The summed E-state index contributed by atoms with van der Waals surface area (Å²) in [4.78, 5) is 28.8. The van der Waals surface area contributed by atoms with E-state index in [9.17, 15) is 9.59 Å². The summed E-state index contributed by atoms with van der Waals surface area (Å²) in [5.74, 6) is 0.872. The van der Waals surface area contributed by atoms with E-state index in [1.54, 1.807) is 7.11 Å². The van der Waals surface area contributed by atoms with Gasteiger partial charge in [-0.25, -0.2) is 0 Å². The lowest BCUT2D eigenvalue weighted by molar-refractivity contribution is -0.116. The van der Waals surface area contributed by atoms with Crippen molar-refractivity contribution >= 4 is 23.2 Å². The standard InChI is InChI=1S/C24H31N3O3/c1-3-4-5-6-23(28)25-20-9-11-21(12-10-20)26-15-17-27(18-16-26)24(29)19-7-13-22(30-2)14-8-19/h7-14H,3-6,15-18H2,1-2H3,(H,25,28). The van der Waals surface area contributed by atoms with Gasteiger partial charge in [0.2, 0.25) is 5.91 Å². The van der Waals surface area contributed by atoms with Gasteiger partial charge in [0.25, 0.3) is 5.91 Å². The molecule has 6 heteroatoms. The molecule has 0 aliphatic carbocycles. The van der Waals surface area contributed by atoms with E-state index in [1.807, 2.05) is 53.4 Å². The van der Waals surface area contributed by atoms with Crippen molar-refractivity contribution < 1.29 is 14.3 Å². The first-order chi connectivity index (χ1) is 14.6. The summed E-state index contributed by atoms with van der Waals surface area (Å²) in [5.41, 5.74) is 2.62. The topological polar surface area (TPSA) is 61.9 Å². The Morgan fingerprint density at radius 3 is 2.20 bits per heavy atom. The molecule has 1 aliphatic heterocycles. The van der Waals surface area contributed by atoms with Crippen LogP contribution in [0.3, 0.4) is 0 Å². The van der Waals surface area contributed by atoms with Crippen LogP contribution in [0.5, 0.6) is 5.75 Å². The lowest BCUT2D eigenvalue weighted by Gasteiger charge is -2.36. The zero-order valence-corrected chi connectivity index (χ0v) is 17.9. The Morgan fingerprint density at radius 2 is 1.60 bits per heavy atom. The van der Waals surface area contributed by atoms with E-state index in [1.165, 1.54) is 0 Å². The molecule has 0 radical (unpaired) electrons. The van der Waals surface area contributed by atoms with Gasteiger partial charge in [-0.3, -0.25) is 9.59 Å². The average Bonchev–Trinajstić information content (AvgIpc) is 2.79. The maximum Gasteiger partial charge on any atom is 0.253 e. The minimum absolute atomic E-state index is 0.0541. The number of anilines is 2. The number of carbonyl (C=O) groups excluding carboxylic acids is 2. The molecule has 0 bridgehead atoms. The van der Waals surface area contributed by atoms with Gasteiger partial charge in [0, 0.05) is 49.5 Å². The van der Waals surface area contributed by atoms with Crippen molar-refractivity contribution in [1.82, 2.24) is 4.90 Å². The third-order valence-corrected chi connectivity index (χ3v) is 5.43. The highest BCUT2D eigenvalue weighted by Crippen LogP contribution is 2.21. The molecule has 0 spiro atoms. The Hall–Kier alpha value is -3.02. The molecular weight excluding hydrogens is 378 g/mol. The van der Waals surface area contributed by atoms with Crippen LogP contribution in [0.1, 0.15) is 43.0 Å². The van der Waals surface area contributed by atoms with Crippen molar-refractivity contribution in [1.29, 1.82) is 0 Å². The molecule has 1 heterocycles. The molecular formula is C24H31N3O3. The molecule has 0 saturated carbocycles. The minimum Gasteiger partial charge on any atom is -0.497 e. The number of benzene rings is 2. The van der Waals surface area contributed by atoms with Crippen molar-refractivity contribution in [2.75, 3.05) is 43.5 Å². The number of carbonyl (C=O) groups is 2. The number of nitrogens with one attached hydrogen (secondary N) is 1. The second-order valence-electron chi connectivity index (χ2n) is 7.56. The molecule has 3 rings (SSSR count). The Labute approximate surface area is 178 Å². The molecule has 1 saturated heterocycles. The van der Waals surface area contributed by atoms with Crippen molar-refractivity contribution in [3.8, 4) is 5.75 Å². The summed E-state index contributed by atoms with van der Waals surface area (Å²) in [7, 11) is 1.62. The molecule has 1 fully saturated rings. The van der Waals surface area contributed by atoms with Crippen molar-refractivity contribution in [3.05, 3.63) is 54.1 Å². The summed E-state index contributed by atoms with van der Waals surface area (Å²) in [6.07, 6.45) is 3.69. The van der Waals surface area contributed by atoms with Gasteiger partial charge >= 0.3 is 0 Å². The molecule has 6 nitrogen and oxygen atoms in total. The van der Waals surface area contributed by atoms with E-state index < -0.39 is 0 Å². The van der Waals surface area contributed by atoms with E-state index in [0.29, 0.717) is 25.1 Å². The Kier molecular flexibility index (Phi) is 7.71. The molecule has 0 unspecified atom stereocenters. The maximum absolute atomic E-state index is 12.7. The van der Waals surface area contributed by atoms with Crippen molar-refractivity contribution in [2.24, 2.45) is 0 Å². The second kappa shape index (κ2) is 10.7. The third kappa shape index (κ3) is 5.75. The van der Waals surface area contributed by atoms with E-state index in [0.717, 1.165) is 49.5 Å². The van der Waals surface area contributed by atoms with Crippen LogP contribution >= 0.6 is 0 Å². The number of ether oxygens (including phenoxy) is 1. The van der Waals surface area contributed by atoms with Crippen LogP contribution in [0.2, 0.25) is 0 Å².